The van der Waals surface area contributed by atoms with E-state index in [0.29, 0.717) is 12.0 Å². The molecule has 7 nitrogen and oxygen atoms in total. The number of aromatic nitrogens is 2. The van der Waals surface area contributed by atoms with Gasteiger partial charge < -0.3 is 24.4 Å². The van der Waals surface area contributed by atoms with E-state index in [1.807, 2.05) is 19.6 Å². The topological polar surface area (TPSA) is 57.9 Å². The Kier molecular flexibility index (Phi) is 10.0. The van der Waals surface area contributed by atoms with Crippen LogP contribution in [0.4, 0.5) is 0 Å². The number of rotatable bonds is 6. The van der Waals surface area contributed by atoms with Gasteiger partial charge in [-0.3, -0.25) is 4.99 Å². The number of methoxy groups -OCH3 is 1. The smallest absolute Gasteiger partial charge is 0.193 e. The van der Waals surface area contributed by atoms with E-state index >= 15 is 0 Å². The van der Waals surface area contributed by atoms with Crippen LogP contribution in [-0.2, 0) is 4.74 Å². The third-order valence-corrected chi connectivity index (χ3v) is 6.21. The molecule has 2 aliphatic heterocycles. The Morgan fingerprint density at radius 3 is 2.68 bits per heavy atom. The Hall–Kier alpha value is -0.870. The van der Waals surface area contributed by atoms with Crippen molar-refractivity contribution in [1.29, 1.82) is 0 Å². The molecule has 28 heavy (non-hydrogen) atoms. The lowest BCUT2D eigenvalue weighted by Crippen LogP contribution is -2.50. The van der Waals surface area contributed by atoms with Crippen LogP contribution in [0.25, 0.3) is 0 Å². The molecular formula is C20H37IN6O. The van der Waals surface area contributed by atoms with E-state index in [2.05, 4.69) is 42.8 Å². The van der Waals surface area contributed by atoms with Crippen LogP contribution in [0.1, 0.15) is 32.2 Å². The van der Waals surface area contributed by atoms with E-state index in [1.54, 1.807) is 7.11 Å². The molecule has 1 N–H and O–H groups in total. The minimum atomic E-state index is 0. The SMILES string of the molecule is CN=C(NCC1CCN(CCOC)CC1)N1CCC(C)C(n2ccnc2)C1.I. The summed E-state index contributed by atoms with van der Waals surface area (Å²) in [7, 11) is 3.68. The van der Waals surface area contributed by atoms with Gasteiger partial charge >= 0.3 is 0 Å². The van der Waals surface area contributed by atoms with Crippen molar-refractivity contribution in [2.75, 3.05) is 60.0 Å². The summed E-state index contributed by atoms with van der Waals surface area (Å²) in [4.78, 5) is 13.7. The molecule has 1 aromatic rings. The van der Waals surface area contributed by atoms with Crippen molar-refractivity contribution in [2.45, 2.75) is 32.2 Å². The monoisotopic (exact) mass is 504 g/mol. The maximum atomic E-state index is 5.19. The Morgan fingerprint density at radius 2 is 2.04 bits per heavy atom. The van der Waals surface area contributed by atoms with Crippen LogP contribution in [0, 0.1) is 11.8 Å². The molecule has 2 fully saturated rings. The number of guanidine groups is 1. The van der Waals surface area contributed by atoms with Gasteiger partial charge in [-0.25, -0.2) is 4.98 Å². The second-order valence-corrected chi connectivity index (χ2v) is 8.00. The largest absolute Gasteiger partial charge is 0.383 e. The number of aliphatic imine (C=N–C) groups is 1. The zero-order chi connectivity index (χ0) is 19.1. The first-order valence-electron chi connectivity index (χ1n) is 10.4. The van der Waals surface area contributed by atoms with Crippen LogP contribution >= 0.6 is 24.0 Å². The summed E-state index contributed by atoms with van der Waals surface area (Å²) in [5.41, 5.74) is 0. The molecular weight excluding hydrogens is 467 g/mol. The minimum Gasteiger partial charge on any atom is -0.383 e. The average Bonchev–Trinajstić information content (AvgIpc) is 3.23. The van der Waals surface area contributed by atoms with Crippen molar-refractivity contribution >= 4 is 29.9 Å². The Bertz CT molecular complexity index is 573. The zero-order valence-corrected chi connectivity index (χ0v) is 19.9. The predicted molar refractivity (Wildman–Crippen MR) is 124 cm³/mol. The van der Waals surface area contributed by atoms with E-state index in [4.69, 9.17) is 4.74 Å². The Morgan fingerprint density at radius 1 is 1.25 bits per heavy atom. The van der Waals surface area contributed by atoms with Crippen LogP contribution in [0.15, 0.2) is 23.7 Å². The molecule has 160 valence electrons. The third kappa shape index (κ3) is 6.32. The highest BCUT2D eigenvalue weighted by atomic mass is 127. The van der Waals surface area contributed by atoms with Gasteiger partial charge in [0, 0.05) is 52.7 Å². The highest BCUT2D eigenvalue weighted by Gasteiger charge is 2.29. The molecule has 2 aliphatic rings. The van der Waals surface area contributed by atoms with Gasteiger partial charge in [-0.05, 0) is 44.2 Å². The molecule has 0 aromatic carbocycles. The summed E-state index contributed by atoms with van der Waals surface area (Å²) in [6.45, 7) is 9.67. The van der Waals surface area contributed by atoms with Gasteiger partial charge in [0.2, 0.25) is 0 Å². The molecule has 0 amide bonds. The van der Waals surface area contributed by atoms with Gasteiger partial charge in [0.1, 0.15) is 0 Å². The lowest BCUT2D eigenvalue weighted by Gasteiger charge is -2.39. The molecule has 0 saturated carbocycles. The second-order valence-electron chi connectivity index (χ2n) is 8.00. The summed E-state index contributed by atoms with van der Waals surface area (Å²) in [6, 6.07) is 0.462. The van der Waals surface area contributed by atoms with Gasteiger partial charge in [-0.15, -0.1) is 24.0 Å². The number of piperidine rings is 2. The minimum absolute atomic E-state index is 0. The van der Waals surface area contributed by atoms with Gasteiger partial charge in [-0.2, -0.15) is 0 Å². The molecule has 3 rings (SSSR count). The predicted octanol–water partition coefficient (Wildman–Crippen LogP) is 2.32. The number of hydrogen-bond donors (Lipinski definition) is 1. The molecule has 2 unspecified atom stereocenters. The molecule has 2 atom stereocenters. The summed E-state index contributed by atoms with van der Waals surface area (Å²) in [5.74, 6) is 2.44. The summed E-state index contributed by atoms with van der Waals surface area (Å²) >= 11 is 0. The second kappa shape index (κ2) is 12.0. The van der Waals surface area contributed by atoms with Crippen molar-refractivity contribution in [1.82, 2.24) is 24.7 Å². The third-order valence-electron chi connectivity index (χ3n) is 6.21. The molecule has 3 heterocycles. The fourth-order valence-electron chi connectivity index (χ4n) is 4.30. The number of imidazole rings is 1. The van der Waals surface area contributed by atoms with Gasteiger partial charge in [0.25, 0.3) is 0 Å². The number of ether oxygens (including phenoxy) is 1. The zero-order valence-electron chi connectivity index (χ0n) is 17.6. The first kappa shape index (κ1) is 23.4. The van der Waals surface area contributed by atoms with Crippen molar-refractivity contribution in [2.24, 2.45) is 16.8 Å². The maximum absolute atomic E-state index is 5.19. The maximum Gasteiger partial charge on any atom is 0.193 e. The quantitative estimate of drug-likeness (QED) is 0.366. The molecule has 0 bridgehead atoms. The van der Waals surface area contributed by atoms with Gasteiger partial charge in [0.05, 0.1) is 19.0 Å². The number of hydrogen-bond acceptors (Lipinski definition) is 4. The van der Waals surface area contributed by atoms with E-state index < -0.39 is 0 Å². The first-order valence-corrected chi connectivity index (χ1v) is 10.4. The number of halogens is 1. The molecule has 8 heteroatoms. The number of likely N-dealkylation sites (tertiary alicyclic amines) is 2. The van der Waals surface area contributed by atoms with E-state index in [-0.39, 0.29) is 24.0 Å². The number of nitrogens with one attached hydrogen (secondary N) is 1. The van der Waals surface area contributed by atoms with Crippen LogP contribution in [0.3, 0.4) is 0 Å². The standard InChI is InChI=1S/C20H36N6O.HI/c1-17-4-10-25(15-19(17)26-11-7-22-16-26)20(21-2)23-14-18-5-8-24(9-6-18)12-13-27-3;/h7,11,16-19H,4-6,8-10,12-15H2,1-3H3,(H,21,23);1H. The molecule has 0 aliphatic carbocycles. The van der Waals surface area contributed by atoms with Gasteiger partial charge in [-0.1, -0.05) is 6.92 Å². The van der Waals surface area contributed by atoms with E-state index in [1.165, 1.54) is 32.4 Å². The number of nitrogens with zero attached hydrogens (tertiary/aromatic N) is 5. The van der Waals surface area contributed by atoms with E-state index in [9.17, 15) is 0 Å². The van der Waals surface area contributed by atoms with Crippen molar-refractivity contribution in [3.05, 3.63) is 18.7 Å². The molecule has 1 aromatic heterocycles. The fraction of sp³-hybridized carbons (Fsp3) is 0.800. The average molecular weight is 504 g/mol. The highest BCUT2D eigenvalue weighted by Crippen LogP contribution is 2.27. The molecule has 2 saturated heterocycles. The molecule has 0 spiro atoms. The van der Waals surface area contributed by atoms with Crippen LogP contribution in [0.5, 0.6) is 0 Å². The summed E-state index contributed by atoms with van der Waals surface area (Å²) in [5, 5.41) is 3.66. The Balaban J connectivity index is 0.00000280. The lowest BCUT2D eigenvalue weighted by molar-refractivity contribution is 0.120. The van der Waals surface area contributed by atoms with Crippen LogP contribution in [0.2, 0.25) is 0 Å². The summed E-state index contributed by atoms with van der Waals surface area (Å²) in [6.07, 6.45) is 9.58. The van der Waals surface area contributed by atoms with Crippen LogP contribution in [-0.4, -0.2) is 85.3 Å². The highest BCUT2D eigenvalue weighted by molar-refractivity contribution is 14.0. The van der Waals surface area contributed by atoms with Crippen molar-refractivity contribution < 1.29 is 4.74 Å². The fourth-order valence-corrected chi connectivity index (χ4v) is 4.30. The van der Waals surface area contributed by atoms with Gasteiger partial charge in [0.15, 0.2) is 5.96 Å². The first-order chi connectivity index (χ1) is 13.2. The summed E-state index contributed by atoms with van der Waals surface area (Å²) < 4.78 is 7.44. The normalized spacial score (nSPS) is 24.8. The lowest BCUT2D eigenvalue weighted by atomic mass is 9.93. The van der Waals surface area contributed by atoms with E-state index in [0.717, 1.165) is 44.7 Å². The van der Waals surface area contributed by atoms with Crippen molar-refractivity contribution in [3.8, 4) is 0 Å². The van der Waals surface area contributed by atoms with Crippen molar-refractivity contribution in [3.63, 3.8) is 0 Å². The Labute approximate surface area is 186 Å². The van der Waals surface area contributed by atoms with Crippen LogP contribution < -0.4 is 5.32 Å². The molecule has 0 radical (unpaired) electrons.